The van der Waals surface area contributed by atoms with Gasteiger partial charge in [-0.05, 0) is 78.2 Å². The zero-order chi connectivity index (χ0) is 39.6. The Bertz CT molecular complexity index is 3080. The molecule has 55 heavy (non-hydrogen) atoms. The summed E-state index contributed by atoms with van der Waals surface area (Å²) in [6.07, 6.45) is 0. The lowest BCUT2D eigenvalue weighted by atomic mass is 10.1. The van der Waals surface area contributed by atoms with E-state index >= 15 is 0 Å². The Balaban J connectivity index is 1.31. The maximum absolute atomic E-state index is 13.2. The molecular formula is C34H22N6O12S3. The van der Waals surface area contributed by atoms with Crippen molar-refractivity contribution in [1.82, 2.24) is 0 Å². The van der Waals surface area contributed by atoms with E-state index in [1.54, 1.807) is 30.3 Å². The smallest absolute Gasteiger partial charge is 0.296 e. The number of amides is 2. The number of nitrogens with two attached hydrogens (primary N) is 1. The fraction of sp³-hybridized carbons (Fsp3) is 0. The number of rotatable bonds is 8. The van der Waals surface area contributed by atoms with Gasteiger partial charge in [0, 0.05) is 16.2 Å². The number of phenols is 1. The molecule has 0 unspecified atom stereocenters. The first-order valence-electron chi connectivity index (χ1n) is 15.3. The van der Waals surface area contributed by atoms with Crippen molar-refractivity contribution in [3.05, 3.63) is 108 Å². The Morgan fingerprint density at radius 3 is 1.84 bits per heavy atom. The van der Waals surface area contributed by atoms with E-state index in [-0.39, 0.29) is 49.7 Å². The van der Waals surface area contributed by atoms with Crippen molar-refractivity contribution in [2.24, 2.45) is 20.5 Å². The molecule has 0 radical (unpaired) electrons. The topological polar surface area (TPSA) is 296 Å². The van der Waals surface area contributed by atoms with Gasteiger partial charge in [-0.25, -0.2) is 4.90 Å². The zero-order valence-corrected chi connectivity index (χ0v) is 29.8. The first-order chi connectivity index (χ1) is 25.8. The molecule has 6 aromatic rings. The van der Waals surface area contributed by atoms with E-state index in [0.717, 1.165) is 35.2 Å². The van der Waals surface area contributed by atoms with Crippen molar-refractivity contribution < 1.29 is 53.6 Å². The maximum Gasteiger partial charge on any atom is 0.296 e. The predicted molar refractivity (Wildman–Crippen MR) is 196 cm³/mol. The molecule has 0 bridgehead atoms. The number of fused-ring (bicyclic) bond motifs is 3. The average Bonchev–Trinajstić information content (AvgIpc) is 3.37. The number of imide groups is 1. The highest BCUT2D eigenvalue weighted by Gasteiger charge is 2.36. The van der Waals surface area contributed by atoms with Crippen molar-refractivity contribution in [2.45, 2.75) is 14.7 Å². The summed E-state index contributed by atoms with van der Waals surface area (Å²) in [4.78, 5) is 24.8. The van der Waals surface area contributed by atoms with Crippen molar-refractivity contribution >= 4 is 97.8 Å². The van der Waals surface area contributed by atoms with Gasteiger partial charge in [0.05, 0.1) is 44.5 Å². The van der Waals surface area contributed by atoms with Crippen LogP contribution in [0.15, 0.2) is 132 Å². The second kappa shape index (κ2) is 13.1. The molecule has 278 valence electrons. The van der Waals surface area contributed by atoms with Gasteiger partial charge in [-0.1, -0.05) is 24.3 Å². The summed E-state index contributed by atoms with van der Waals surface area (Å²) in [5, 5.41) is 26.9. The van der Waals surface area contributed by atoms with Gasteiger partial charge in [-0.15, -0.1) is 15.3 Å². The van der Waals surface area contributed by atoms with Crippen molar-refractivity contribution in [3.8, 4) is 5.75 Å². The van der Waals surface area contributed by atoms with Gasteiger partial charge in [-0.2, -0.15) is 30.4 Å². The van der Waals surface area contributed by atoms with Crippen LogP contribution in [0.25, 0.3) is 21.5 Å². The van der Waals surface area contributed by atoms with E-state index in [0.29, 0.717) is 5.69 Å². The Labute approximate surface area is 310 Å². The van der Waals surface area contributed by atoms with E-state index in [9.17, 15) is 53.6 Å². The molecule has 6 N–H and O–H groups in total. The quantitative estimate of drug-likeness (QED) is 0.0466. The van der Waals surface area contributed by atoms with Crippen LogP contribution < -0.4 is 10.6 Å². The summed E-state index contributed by atoms with van der Waals surface area (Å²) in [6, 6.07) is 21.0. The summed E-state index contributed by atoms with van der Waals surface area (Å²) >= 11 is 0. The second-order valence-corrected chi connectivity index (χ2v) is 16.0. The van der Waals surface area contributed by atoms with Crippen LogP contribution in [0.4, 0.5) is 34.1 Å². The third-order valence-electron chi connectivity index (χ3n) is 8.39. The second-order valence-electron chi connectivity index (χ2n) is 11.8. The minimum Gasteiger partial charge on any atom is -0.505 e. The molecule has 0 saturated carbocycles. The van der Waals surface area contributed by atoms with Gasteiger partial charge in [0.25, 0.3) is 42.2 Å². The first-order valence-corrected chi connectivity index (χ1v) is 19.6. The van der Waals surface area contributed by atoms with Crippen LogP contribution in [-0.2, 0) is 30.4 Å². The molecule has 2 amide bonds. The van der Waals surface area contributed by atoms with Gasteiger partial charge in [0.15, 0.2) is 5.75 Å². The van der Waals surface area contributed by atoms with Gasteiger partial charge >= 0.3 is 0 Å². The minimum absolute atomic E-state index is 0.0284. The molecule has 21 heteroatoms. The molecule has 0 atom stereocenters. The fourth-order valence-corrected chi connectivity index (χ4v) is 7.65. The number of phenolic OH excluding ortho intramolecular Hbond substituents is 1. The molecule has 18 nitrogen and oxygen atoms in total. The van der Waals surface area contributed by atoms with Crippen LogP contribution in [-0.4, -0.2) is 55.8 Å². The molecule has 1 heterocycles. The van der Waals surface area contributed by atoms with Crippen LogP contribution in [0, 0.1) is 0 Å². The number of nitrogens with zero attached hydrogens (tertiary/aromatic N) is 5. The molecule has 0 aromatic heterocycles. The summed E-state index contributed by atoms with van der Waals surface area (Å²) in [5.74, 6) is -2.00. The monoisotopic (exact) mass is 802 g/mol. The van der Waals surface area contributed by atoms with Gasteiger partial charge < -0.3 is 10.8 Å². The van der Waals surface area contributed by atoms with E-state index in [4.69, 9.17) is 5.73 Å². The van der Waals surface area contributed by atoms with E-state index in [1.807, 2.05) is 0 Å². The van der Waals surface area contributed by atoms with E-state index < -0.39 is 74.0 Å². The third kappa shape index (κ3) is 6.78. The SMILES string of the molecule is Nc1cc2c(O)c(N=Nc3ccc(N=Nc4ccc5c(c4)C(=O)N(c4ccccc4)C5=O)c4ccc(S(=O)(=O)O)cc34)c(S(=O)(=O)O)cc2cc1S(=O)(=O)O. The Morgan fingerprint density at radius 2 is 1.18 bits per heavy atom. The molecule has 0 spiro atoms. The molecule has 1 aliphatic rings. The number of hydrogen-bond acceptors (Lipinski definition) is 14. The van der Waals surface area contributed by atoms with Crippen LogP contribution in [0.3, 0.4) is 0 Å². The minimum atomic E-state index is -5.19. The van der Waals surface area contributed by atoms with Crippen LogP contribution in [0.5, 0.6) is 5.75 Å². The number of carbonyl (C=O) groups is 2. The predicted octanol–water partition coefficient (Wildman–Crippen LogP) is 6.65. The highest BCUT2D eigenvalue weighted by Crippen LogP contribution is 2.44. The Hall–Kier alpha value is -6.49. The highest BCUT2D eigenvalue weighted by atomic mass is 32.2. The molecule has 1 aliphatic heterocycles. The highest BCUT2D eigenvalue weighted by molar-refractivity contribution is 7.86. The summed E-state index contributed by atoms with van der Waals surface area (Å²) in [6.45, 7) is 0. The van der Waals surface area contributed by atoms with Gasteiger partial charge in [0.1, 0.15) is 15.5 Å². The van der Waals surface area contributed by atoms with Crippen molar-refractivity contribution in [3.63, 3.8) is 0 Å². The number of para-hydroxylation sites is 1. The normalized spacial score (nSPS) is 13.8. The van der Waals surface area contributed by atoms with Gasteiger partial charge in [0.2, 0.25) is 0 Å². The Kier molecular flexibility index (Phi) is 8.79. The van der Waals surface area contributed by atoms with Crippen molar-refractivity contribution in [1.29, 1.82) is 0 Å². The molecule has 0 fully saturated rings. The lowest BCUT2D eigenvalue weighted by Crippen LogP contribution is -2.29. The van der Waals surface area contributed by atoms with Crippen molar-refractivity contribution in [2.75, 3.05) is 10.6 Å². The number of aromatic hydroxyl groups is 1. The van der Waals surface area contributed by atoms with E-state index in [2.05, 4.69) is 20.5 Å². The maximum atomic E-state index is 13.2. The molecule has 6 aromatic carbocycles. The fourth-order valence-electron chi connectivity index (χ4n) is 5.86. The molecular weight excluding hydrogens is 781 g/mol. The Morgan fingerprint density at radius 1 is 0.564 bits per heavy atom. The van der Waals surface area contributed by atoms with Crippen LogP contribution in [0.1, 0.15) is 20.7 Å². The van der Waals surface area contributed by atoms with Gasteiger partial charge in [-0.3, -0.25) is 23.2 Å². The number of carbonyl (C=O) groups excluding carboxylic acids is 2. The average molecular weight is 803 g/mol. The first kappa shape index (κ1) is 36.9. The lowest BCUT2D eigenvalue weighted by Gasteiger charge is -2.13. The summed E-state index contributed by atoms with van der Waals surface area (Å²) in [7, 11) is -14.8. The number of hydrogen-bond donors (Lipinski definition) is 5. The van der Waals surface area contributed by atoms with E-state index in [1.165, 1.54) is 36.4 Å². The summed E-state index contributed by atoms with van der Waals surface area (Å²) < 4.78 is 102. The zero-order valence-electron chi connectivity index (χ0n) is 27.3. The number of nitrogen functional groups attached to an aromatic ring is 1. The number of azo groups is 2. The molecule has 0 saturated heterocycles. The molecule has 0 aliphatic carbocycles. The lowest BCUT2D eigenvalue weighted by molar-refractivity contribution is 0.0926. The number of benzene rings is 6. The van der Waals surface area contributed by atoms with Crippen LogP contribution in [0.2, 0.25) is 0 Å². The standard InChI is InChI=1S/C34H22N6O12S3/c35-26-16-23-17(12-29(26)54(47,48)49)13-30(55(50,51)52)31(32(23)41)39-38-28-11-10-27(21-9-7-20(15-24(21)28)53(44,45)46)37-36-18-6-8-22-25(14-18)34(43)40(33(22)42)19-4-2-1-3-5-19/h1-16,41H,35H2,(H,44,45,46)(H,47,48,49)(H,50,51,52). The summed E-state index contributed by atoms with van der Waals surface area (Å²) in [5.41, 5.74) is 5.16. The third-order valence-corrected chi connectivity index (χ3v) is 11.0. The van der Waals surface area contributed by atoms with Crippen LogP contribution >= 0.6 is 0 Å². The number of anilines is 2. The molecule has 7 rings (SSSR count). The largest absolute Gasteiger partial charge is 0.505 e.